The van der Waals surface area contributed by atoms with Crippen LogP contribution in [0.3, 0.4) is 0 Å². The first kappa shape index (κ1) is 34.8. The van der Waals surface area contributed by atoms with E-state index >= 15 is 0 Å². The van der Waals surface area contributed by atoms with Crippen LogP contribution in [0.4, 0.5) is 17.1 Å². The smallest absolute Gasteiger partial charge is 0.135 e. The number of rotatable bonds is 9. The van der Waals surface area contributed by atoms with Gasteiger partial charge in [-0.05, 0) is 128 Å². The number of hydrogen-bond acceptors (Lipinski definition) is 2. The fourth-order valence-corrected chi connectivity index (χ4v) is 7.87. The van der Waals surface area contributed by atoms with Gasteiger partial charge in [-0.25, -0.2) is 0 Å². The molecule has 0 aliphatic rings. The van der Waals surface area contributed by atoms with Gasteiger partial charge in [0.25, 0.3) is 0 Å². The Bertz CT molecular complexity index is 2880. The first-order chi connectivity index (χ1) is 28.7. The molecular formula is C56H39NO. The van der Waals surface area contributed by atoms with Gasteiger partial charge in [0.2, 0.25) is 0 Å². The van der Waals surface area contributed by atoms with Crippen LogP contribution in [-0.4, -0.2) is 0 Å². The van der Waals surface area contributed by atoms with E-state index in [1.165, 1.54) is 38.9 Å². The van der Waals surface area contributed by atoms with E-state index in [2.05, 4.69) is 223 Å². The van der Waals surface area contributed by atoms with Crippen molar-refractivity contribution in [2.45, 2.75) is 0 Å². The summed E-state index contributed by atoms with van der Waals surface area (Å²) in [5, 5.41) is 1.11. The fraction of sp³-hybridized carbons (Fsp3) is 0. The summed E-state index contributed by atoms with van der Waals surface area (Å²) < 4.78 is 6.22. The van der Waals surface area contributed by atoms with Gasteiger partial charge in [0.1, 0.15) is 11.3 Å². The minimum Gasteiger partial charge on any atom is -0.456 e. The molecule has 10 rings (SSSR count). The number of benzene rings is 9. The zero-order valence-electron chi connectivity index (χ0n) is 31.9. The van der Waals surface area contributed by atoms with E-state index in [1.807, 2.05) is 18.2 Å². The molecule has 0 bridgehead atoms. The molecule has 0 N–H and O–H groups in total. The van der Waals surface area contributed by atoms with Crippen molar-refractivity contribution in [3.05, 3.63) is 237 Å². The second-order valence-corrected chi connectivity index (χ2v) is 14.6. The zero-order valence-corrected chi connectivity index (χ0v) is 31.9. The van der Waals surface area contributed by atoms with E-state index < -0.39 is 0 Å². The summed E-state index contributed by atoms with van der Waals surface area (Å²) in [6.07, 6.45) is 0. The Hall–Kier alpha value is -7.68. The number of anilines is 3. The predicted octanol–water partition coefficient (Wildman–Crippen LogP) is 15.9. The quantitative estimate of drug-likeness (QED) is 0.146. The van der Waals surface area contributed by atoms with Crippen LogP contribution in [0.15, 0.2) is 241 Å². The molecule has 0 amide bonds. The molecule has 2 nitrogen and oxygen atoms in total. The molecule has 9 aromatic carbocycles. The normalized spacial score (nSPS) is 11.1. The molecular weight excluding hydrogens is 703 g/mol. The third kappa shape index (κ3) is 7.11. The molecule has 1 aromatic heterocycles. The van der Waals surface area contributed by atoms with Gasteiger partial charge >= 0.3 is 0 Å². The average Bonchev–Trinajstić information content (AvgIpc) is 3.75. The van der Waals surface area contributed by atoms with Crippen molar-refractivity contribution in [2.75, 3.05) is 4.90 Å². The van der Waals surface area contributed by atoms with E-state index in [0.717, 1.165) is 56.0 Å². The van der Waals surface area contributed by atoms with Crippen molar-refractivity contribution >= 4 is 28.0 Å². The SMILES string of the molecule is c1ccc(-c2cc(-c3ccccc3)cc(-c3ccc(N(c4ccc(-c5cccc(-c6cc7ccccc7o6)c5)cc4)c4cccc(-c5ccccc5)c4)cc3)c2)cc1. The lowest BCUT2D eigenvalue weighted by molar-refractivity contribution is 0.631. The Morgan fingerprint density at radius 1 is 0.241 bits per heavy atom. The molecule has 10 aromatic rings. The third-order valence-electron chi connectivity index (χ3n) is 10.8. The summed E-state index contributed by atoms with van der Waals surface area (Å²) in [6.45, 7) is 0. The molecule has 0 spiro atoms. The zero-order chi connectivity index (χ0) is 38.7. The van der Waals surface area contributed by atoms with E-state index in [-0.39, 0.29) is 0 Å². The van der Waals surface area contributed by atoms with Gasteiger partial charge in [-0.3, -0.25) is 0 Å². The second-order valence-electron chi connectivity index (χ2n) is 14.6. The van der Waals surface area contributed by atoms with E-state index in [0.29, 0.717) is 0 Å². The number of hydrogen-bond donors (Lipinski definition) is 0. The van der Waals surface area contributed by atoms with Crippen LogP contribution in [0.5, 0.6) is 0 Å². The molecule has 0 aliphatic heterocycles. The largest absolute Gasteiger partial charge is 0.456 e. The van der Waals surface area contributed by atoms with Crippen molar-refractivity contribution in [3.63, 3.8) is 0 Å². The maximum atomic E-state index is 6.22. The van der Waals surface area contributed by atoms with Crippen LogP contribution in [0.1, 0.15) is 0 Å². The topological polar surface area (TPSA) is 16.4 Å². The summed E-state index contributed by atoms with van der Waals surface area (Å²) in [5.41, 5.74) is 17.0. The van der Waals surface area contributed by atoms with Crippen LogP contribution < -0.4 is 4.90 Å². The Balaban J connectivity index is 1.03. The number of furan rings is 1. The van der Waals surface area contributed by atoms with Crippen molar-refractivity contribution in [2.24, 2.45) is 0 Å². The van der Waals surface area contributed by atoms with E-state index in [1.54, 1.807) is 0 Å². The highest BCUT2D eigenvalue weighted by molar-refractivity contribution is 5.86. The molecule has 0 atom stereocenters. The predicted molar refractivity (Wildman–Crippen MR) is 244 cm³/mol. The lowest BCUT2D eigenvalue weighted by atomic mass is 9.93. The minimum atomic E-state index is 0.871. The summed E-state index contributed by atoms with van der Waals surface area (Å²) in [7, 11) is 0. The van der Waals surface area contributed by atoms with Gasteiger partial charge in [0, 0.05) is 28.0 Å². The van der Waals surface area contributed by atoms with E-state index in [4.69, 9.17) is 4.42 Å². The molecule has 0 unspecified atom stereocenters. The van der Waals surface area contributed by atoms with Crippen LogP contribution >= 0.6 is 0 Å². The van der Waals surface area contributed by atoms with E-state index in [9.17, 15) is 0 Å². The Labute approximate surface area is 339 Å². The monoisotopic (exact) mass is 741 g/mol. The maximum absolute atomic E-state index is 6.22. The van der Waals surface area contributed by atoms with Gasteiger partial charge in [-0.2, -0.15) is 0 Å². The average molecular weight is 742 g/mol. The van der Waals surface area contributed by atoms with Crippen LogP contribution in [0.2, 0.25) is 0 Å². The van der Waals surface area contributed by atoms with Crippen LogP contribution in [-0.2, 0) is 0 Å². The standard InChI is InChI=1S/C56H39NO/c1-4-14-40(15-5-1)46-22-13-24-54(38-46)57(52-30-26-43(27-31-52)45-21-12-23-47(34-45)56-39-48-20-10-11-25-55(48)58-56)53-32-28-44(29-33-53)51-36-49(41-16-6-2-7-17-41)35-50(37-51)42-18-8-3-9-19-42/h1-39H. The molecule has 1 heterocycles. The summed E-state index contributed by atoms with van der Waals surface area (Å²) in [4.78, 5) is 2.35. The summed E-state index contributed by atoms with van der Waals surface area (Å²) >= 11 is 0. The van der Waals surface area contributed by atoms with Crippen LogP contribution in [0.25, 0.3) is 77.9 Å². The van der Waals surface area contributed by atoms with Gasteiger partial charge in [0.05, 0.1) is 0 Å². The molecule has 0 radical (unpaired) electrons. The lowest BCUT2D eigenvalue weighted by Gasteiger charge is -2.26. The molecule has 0 aliphatic carbocycles. The van der Waals surface area contributed by atoms with Crippen LogP contribution in [0, 0.1) is 0 Å². The van der Waals surface area contributed by atoms with Crippen molar-refractivity contribution in [1.29, 1.82) is 0 Å². The molecule has 58 heavy (non-hydrogen) atoms. The maximum Gasteiger partial charge on any atom is 0.135 e. The number of nitrogens with zero attached hydrogens (tertiary/aromatic N) is 1. The van der Waals surface area contributed by atoms with Gasteiger partial charge in [0.15, 0.2) is 0 Å². The Kier molecular flexibility index (Phi) is 9.27. The highest BCUT2D eigenvalue weighted by Gasteiger charge is 2.16. The highest BCUT2D eigenvalue weighted by Crippen LogP contribution is 2.40. The molecule has 0 saturated heterocycles. The molecule has 0 fully saturated rings. The molecule has 0 saturated carbocycles. The number of para-hydroxylation sites is 1. The van der Waals surface area contributed by atoms with Gasteiger partial charge in [-0.15, -0.1) is 0 Å². The van der Waals surface area contributed by atoms with Crippen molar-refractivity contribution in [3.8, 4) is 67.0 Å². The molecule has 2 heteroatoms. The first-order valence-corrected chi connectivity index (χ1v) is 19.7. The fourth-order valence-electron chi connectivity index (χ4n) is 7.87. The summed E-state index contributed by atoms with van der Waals surface area (Å²) in [6, 6.07) is 84.3. The summed E-state index contributed by atoms with van der Waals surface area (Å²) in [5.74, 6) is 0.871. The highest BCUT2D eigenvalue weighted by atomic mass is 16.3. The Morgan fingerprint density at radius 2 is 0.638 bits per heavy atom. The van der Waals surface area contributed by atoms with Gasteiger partial charge in [-0.1, -0.05) is 164 Å². The lowest BCUT2D eigenvalue weighted by Crippen LogP contribution is -2.10. The van der Waals surface area contributed by atoms with Crippen molar-refractivity contribution < 1.29 is 4.42 Å². The first-order valence-electron chi connectivity index (χ1n) is 19.7. The van der Waals surface area contributed by atoms with Gasteiger partial charge < -0.3 is 9.32 Å². The van der Waals surface area contributed by atoms with Crippen molar-refractivity contribution in [1.82, 2.24) is 0 Å². The minimum absolute atomic E-state index is 0.871. The molecule has 274 valence electrons. The third-order valence-corrected chi connectivity index (χ3v) is 10.8. The number of fused-ring (bicyclic) bond motifs is 1. The second kappa shape index (κ2) is 15.5. The Morgan fingerprint density at radius 3 is 1.19 bits per heavy atom.